The molecule has 0 aliphatic carbocycles. The molecule has 2 aromatic rings. The topological polar surface area (TPSA) is 61.2 Å². The molecule has 2 aromatic heterocycles. The van der Waals surface area contributed by atoms with E-state index in [0.717, 1.165) is 31.7 Å². The molecule has 2 fully saturated rings. The molecule has 146 valence electrons. The minimum absolute atomic E-state index is 0.177. The van der Waals surface area contributed by atoms with Crippen molar-refractivity contribution in [3.05, 3.63) is 44.7 Å². The maximum absolute atomic E-state index is 13.3. The van der Waals surface area contributed by atoms with Gasteiger partial charge in [-0.25, -0.2) is 4.98 Å². The third-order valence-corrected chi connectivity index (χ3v) is 6.53. The minimum Gasteiger partial charge on any atom is -0.353 e. The summed E-state index contributed by atoms with van der Waals surface area (Å²) in [5, 5.41) is 0. The highest BCUT2D eigenvalue weighted by Gasteiger charge is 2.30. The highest BCUT2D eigenvalue weighted by Crippen LogP contribution is 2.32. The molecule has 0 saturated carbocycles. The van der Waals surface area contributed by atoms with Gasteiger partial charge in [0.25, 0.3) is 11.5 Å². The Balaban J connectivity index is 1.90. The summed E-state index contributed by atoms with van der Waals surface area (Å²) in [5.74, 6) is 0.441. The first-order chi connectivity index (χ1) is 13.3. The number of rotatable bonds is 2. The first-order valence-corrected chi connectivity index (χ1v) is 10.3. The second-order valence-electron chi connectivity index (χ2n) is 7.12. The molecule has 2 aliphatic rings. The number of hydrogen-bond donors (Lipinski definition) is 0. The zero-order valence-corrected chi connectivity index (χ0v) is 17.6. The third-order valence-electron chi connectivity index (χ3n) is 5.05. The van der Waals surface area contributed by atoms with Gasteiger partial charge < -0.3 is 9.80 Å². The van der Waals surface area contributed by atoms with E-state index in [-0.39, 0.29) is 11.5 Å². The number of carbonyl (C=O) groups excluding carboxylic acids is 1. The summed E-state index contributed by atoms with van der Waals surface area (Å²) in [7, 11) is 3.73. The average Bonchev–Trinajstić information content (AvgIpc) is 2.92. The van der Waals surface area contributed by atoms with E-state index in [1.165, 1.54) is 16.7 Å². The maximum atomic E-state index is 13.3. The van der Waals surface area contributed by atoms with Gasteiger partial charge in [-0.3, -0.25) is 18.9 Å². The van der Waals surface area contributed by atoms with Crippen LogP contribution in [0.15, 0.2) is 28.0 Å². The number of likely N-dealkylation sites (N-methyl/N-ethyl adjacent to an activating group) is 2. The minimum atomic E-state index is -0.187. The second-order valence-corrected chi connectivity index (χ2v) is 8.80. The van der Waals surface area contributed by atoms with Gasteiger partial charge in [-0.15, -0.1) is 0 Å². The van der Waals surface area contributed by atoms with E-state index in [1.807, 2.05) is 19.1 Å². The standard InChI is InChI=1S/C19H21N5O2S2/c1-12-4-5-15-20-16(23-8-6-21(2)7-9-23)13(17(25)24(15)11-12)10-14-18(26)22(3)19(27)28-14/h4-5,10-11H,6-9H2,1-3H3. The van der Waals surface area contributed by atoms with Crippen LogP contribution in [0.5, 0.6) is 0 Å². The Hall–Kier alpha value is -2.23. The Bertz CT molecular complexity index is 1070. The van der Waals surface area contributed by atoms with E-state index in [0.29, 0.717) is 26.3 Å². The Morgan fingerprint density at radius 3 is 2.50 bits per heavy atom. The summed E-state index contributed by atoms with van der Waals surface area (Å²) in [5.41, 5.74) is 1.82. The van der Waals surface area contributed by atoms with Crippen LogP contribution in [0.4, 0.5) is 5.82 Å². The summed E-state index contributed by atoms with van der Waals surface area (Å²) in [6.07, 6.45) is 3.43. The molecule has 2 aliphatic heterocycles. The van der Waals surface area contributed by atoms with Gasteiger partial charge in [-0.05, 0) is 31.7 Å². The summed E-state index contributed by atoms with van der Waals surface area (Å²) in [6, 6.07) is 3.79. The van der Waals surface area contributed by atoms with Crippen LogP contribution >= 0.6 is 24.0 Å². The number of pyridine rings is 1. The molecule has 0 atom stereocenters. The molecule has 0 radical (unpaired) electrons. The lowest BCUT2D eigenvalue weighted by Gasteiger charge is -2.34. The molecule has 4 heterocycles. The van der Waals surface area contributed by atoms with E-state index >= 15 is 0 Å². The van der Waals surface area contributed by atoms with Gasteiger partial charge in [0.1, 0.15) is 15.8 Å². The molecule has 4 rings (SSSR count). The van der Waals surface area contributed by atoms with E-state index < -0.39 is 0 Å². The molecule has 2 saturated heterocycles. The van der Waals surface area contributed by atoms with Gasteiger partial charge in [0.15, 0.2) is 0 Å². The van der Waals surface area contributed by atoms with E-state index in [9.17, 15) is 9.59 Å². The van der Waals surface area contributed by atoms with E-state index in [1.54, 1.807) is 23.7 Å². The summed E-state index contributed by atoms with van der Waals surface area (Å²) in [6.45, 7) is 5.28. The Morgan fingerprint density at radius 1 is 1.14 bits per heavy atom. The highest BCUT2D eigenvalue weighted by molar-refractivity contribution is 8.26. The van der Waals surface area contributed by atoms with Crippen LogP contribution in [0.1, 0.15) is 11.1 Å². The smallest absolute Gasteiger partial charge is 0.267 e. The number of piperazine rings is 1. The molecule has 0 aromatic carbocycles. The van der Waals surface area contributed by atoms with Gasteiger partial charge in [-0.2, -0.15) is 0 Å². The van der Waals surface area contributed by atoms with E-state index in [2.05, 4.69) is 16.8 Å². The van der Waals surface area contributed by atoms with Crippen molar-refractivity contribution in [2.24, 2.45) is 0 Å². The number of aromatic nitrogens is 2. The van der Waals surface area contributed by atoms with Gasteiger partial charge in [0.2, 0.25) is 0 Å². The fourth-order valence-corrected chi connectivity index (χ4v) is 4.47. The van der Waals surface area contributed by atoms with Crippen molar-refractivity contribution in [2.75, 3.05) is 45.2 Å². The molecule has 0 N–H and O–H groups in total. The zero-order chi connectivity index (χ0) is 20.0. The normalized spacial score (nSPS) is 20.0. The lowest BCUT2D eigenvalue weighted by atomic mass is 10.2. The molecule has 28 heavy (non-hydrogen) atoms. The molecule has 0 spiro atoms. The SMILES string of the molecule is Cc1ccc2nc(N3CCN(C)CC3)c(C=C3SC(=S)N(C)C3=O)c(=O)n2c1. The lowest BCUT2D eigenvalue weighted by Crippen LogP contribution is -2.45. The quantitative estimate of drug-likeness (QED) is 0.545. The van der Waals surface area contributed by atoms with Gasteiger partial charge in [0.05, 0.1) is 10.5 Å². The van der Waals surface area contributed by atoms with Crippen molar-refractivity contribution >= 4 is 51.7 Å². The van der Waals surface area contributed by atoms with Crippen LogP contribution in [0, 0.1) is 6.92 Å². The molecule has 0 bridgehead atoms. The maximum Gasteiger partial charge on any atom is 0.267 e. The largest absolute Gasteiger partial charge is 0.353 e. The molecule has 0 unspecified atom stereocenters. The van der Waals surface area contributed by atoms with Crippen molar-refractivity contribution < 1.29 is 4.79 Å². The highest BCUT2D eigenvalue weighted by atomic mass is 32.2. The van der Waals surface area contributed by atoms with Crippen LogP contribution in [-0.2, 0) is 4.79 Å². The molecular weight excluding hydrogens is 394 g/mol. The number of hydrogen-bond acceptors (Lipinski definition) is 7. The number of thioether (sulfide) groups is 1. The van der Waals surface area contributed by atoms with E-state index in [4.69, 9.17) is 17.2 Å². The number of nitrogens with zero attached hydrogens (tertiary/aromatic N) is 5. The predicted molar refractivity (Wildman–Crippen MR) is 117 cm³/mol. The fourth-order valence-electron chi connectivity index (χ4n) is 3.31. The number of aryl methyl sites for hydroxylation is 1. The summed E-state index contributed by atoms with van der Waals surface area (Å²) < 4.78 is 2.04. The molecule has 9 heteroatoms. The van der Waals surface area contributed by atoms with Crippen molar-refractivity contribution in [3.8, 4) is 0 Å². The second kappa shape index (κ2) is 7.31. The number of carbonyl (C=O) groups is 1. The number of fused-ring (bicyclic) bond motifs is 1. The van der Waals surface area contributed by atoms with Crippen LogP contribution in [0.25, 0.3) is 11.7 Å². The fraction of sp³-hybridized carbons (Fsp3) is 0.368. The van der Waals surface area contributed by atoms with Gasteiger partial charge in [-0.1, -0.05) is 30.0 Å². The van der Waals surface area contributed by atoms with Crippen LogP contribution < -0.4 is 10.5 Å². The number of amides is 1. The van der Waals surface area contributed by atoms with Crippen LogP contribution in [-0.4, -0.2) is 69.7 Å². The Labute approximate surface area is 172 Å². The van der Waals surface area contributed by atoms with Crippen molar-refractivity contribution in [2.45, 2.75) is 6.92 Å². The van der Waals surface area contributed by atoms with Gasteiger partial charge in [0, 0.05) is 39.4 Å². The van der Waals surface area contributed by atoms with Crippen molar-refractivity contribution in [1.82, 2.24) is 19.2 Å². The summed E-state index contributed by atoms with van der Waals surface area (Å²) >= 11 is 6.44. The number of anilines is 1. The number of thiocarbonyl (C=S) groups is 1. The first kappa shape index (κ1) is 19.1. The van der Waals surface area contributed by atoms with Crippen LogP contribution in [0.3, 0.4) is 0 Å². The van der Waals surface area contributed by atoms with Gasteiger partial charge >= 0.3 is 0 Å². The Morgan fingerprint density at radius 2 is 1.86 bits per heavy atom. The third kappa shape index (κ3) is 3.34. The Kier molecular flexibility index (Phi) is 4.98. The molecule has 7 nitrogen and oxygen atoms in total. The first-order valence-electron chi connectivity index (χ1n) is 9.03. The van der Waals surface area contributed by atoms with Crippen molar-refractivity contribution in [1.29, 1.82) is 0 Å². The lowest BCUT2D eigenvalue weighted by molar-refractivity contribution is -0.121. The molecular formula is C19H21N5O2S2. The van der Waals surface area contributed by atoms with Crippen molar-refractivity contribution in [3.63, 3.8) is 0 Å². The average molecular weight is 416 g/mol. The summed E-state index contributed by atoms with van der Waals surface area (Å²) in [4.78, 5) is 36.9. The monoisotopic (exact) mass is 415 g/mol. The van der Waals surface area contributed by atoms with Crippen LogP contribution in [0.2, 0.25) is 0 Å². The zero-order valence-electron chi connectivity index (χ0n) is 16.0. The predicted octanol–water partition coefficient (Wildman–Crippen LogP) is 1.59. The molecule has 1 amide bonds.